The van der Waals surface area contributed by atoms with Gasteiger partial charge in [-0.15, -0.1) is 0 Å². The Morgan fingerprint density at radius 3 is 2.80 bits per heavy atom. The van der Waals surface area contributed by atoms with Crippen LogP contribution < -0.4 is 10.5 Å². The van der Waals surface area contributed by atoms with Gasteiger partial charge in [-0.3, -0.25) is 0 Å². The molecule has 0 saturated heterocycles. The number of halogens is 2. The number of carboxylic acids is 1. The Labute approximate surface area is 123 Å². The molecule has 4 nitrogen and oxygen atoms in total. The molecule has 0 aliphatic carbocycles. The van der Waals surface area contributed by atoms with Gasteiger partial charge in [0.05, 0.1) is 0 Å². The number of hydrogen-bond donors (Lipinski definition) is 2. The Morgan fingerprint density at radius 1 is 1.35 bits per heavy atom. The van der Waals surface area contributed by atoms with Crippen molar-refractivity contribution >= 4 is 27.6 Å². The van der Waals surface area contributed by atoms with E-state index in [0.29, 0.717) is 10.0 Å². The zero-order valence-corrected chi connectivity index (χ0v) is 11.9. The molecule has 0 amide bonds. The van der Waals surface area contributed by atoms with Gasteiger partial charge >= 0.3 is 5.97 Å². The maximum atomic E-state index is 13.6. The summed E-state index contributed by atoms with van der Waals surface area (Å²) < 4.78 is 19.7. The summed E-state index contributed by atoms with van der Waals surface area (Å²) in [5, 5.41) is 9.10. The molecule has 6 heteroatoms. The van der Waals surface area contributed by atoms with Gasteiger partial charge in [-0.25, -0.2) is 9.18 Å². The van der Waals surface area contributed by atoms with Crippen molar-refractivity contribution in [1.82, 2.24) is 0 Å². The van der Waals surface area contributed by atoms with Crippen molar-refractivity contribution in [2.75, 3.05) is 5.73 Å². The van der Waals surface area contributed by atoms with Crippen LogP contribution in [0.1, 0.15) is 15.9 Å². The van der Waals surface area contributed by atoms with Crippen LogP contribution in [0.25, 0.3) is 0 Å². The lowest BCUT2D eigenvalue weighted by molar-refractivity contribution is 0.0693. The third-order valence-corrected chi connectivity index (χ3v) is 3.16. The van der Waals surface area contributed by atoms with Crippen LogP contribution in [0.2, 0.25) is 0 Å². The van der Waals surface area contributed by atoms with Gasteiger partial charge in [-0.1, -0.05) is 22.0 Å². The highest BCUT2D eigenvalue weighted by molar-refractivity contribution is 9.10. The van der Waals surface area contributed by atoms with E-state index in [-0.39, 0.29) is 23.6 Å². The predicted octanol–water partition coefficient (Wildman–Crippen LogP) is 3.45. The lowest BCUT2D eigenvalue weighted by Crippen LogP contribution is -2.07. The molecule has 0 atom stereocenters. The Bertz CT molecular complexity index is 661. The van der Waals surface area contributed by atoms with Crippen molar-refractivity contribution < 1.29 is 19.0 Å². The second kappa shape index (κ2) is 5.92. The molecule has 0 aromatic heterocycles. The smallest absolute Gasteiger partial charge is 0.341 e. The van der Waals surface area contributed by atoms with E-state index in [1.54, 1.807) is 18.2 Å². The fourth-order valence-electron chi connectivity index (χ4n) is 1.71. The highest BCUT2D eigenvalue weighted by Gasteiger charge is 2.15. The average molecular weight is 340 g/mol. The molecular formula is C14H11BrFNO3. The lowest BCUT2D eigenvalue weighted by atomic mass is 10.1. The van der Waals surface area contributed by atoms with E-state index in [9.17, 15) is 9.18 Å². The van der Waals surface area contributed by atoms with Crippen LogP contribution >= 0.6 is 15.9 Å². The lowest BCUT2D eigenvalue weighted by Gasteiger charge is -2.11. The molecule has 104 valence electrons. The first-order chi connectivity index (χ1) is 9.49. The molecule has 0 spiro atoms. The van der Waals surface area contributed by atoms with Crippen LogP contribution in [0.15, 0.2) is 40.9 Å². The van der Waals surface area contributed by atoms with Crippen molar-refractivity contribution in [2.24, 2.45) is 0 Å². The summed E-state index contributed by atoms with van der Waals surface area (Å²) in [7, 11) is 0. The van der Waals surface area contributed by atoms with Crippen LogP contribution in [0.4, 0.5) is 10.1 Å². The van der Waals surface area contributed by atoms with Crippen LogP contribution in [-0.2, 0) is 6.61 Å². The van der Waals surface area contributed by atoms with E-state index < -0.39 is 11.8 Å². The molecule has 0 aliphatic rings. The van der Waals surface area contributed by atoms with E-state index in [2.05, 4.69) is 15.9 Å². The van der Waals surface area contributed by atoms with Crippen LogP contribution in [-0.4, -0.2) is 11.1 Å². The normalized spacial score (nSPS) is 10.3. The van der Waals surface area contributed by atoms with Gasteiger partial charge in [0.1, 0.15) is 23.7 Å². The number of anilines is 1. The summed E-state index contributed by atoms with van der Waals surface area (Å²) in [4.78, 5) is 11.1. The molecule has 0 radical (unpaired) electrons. The number of ether oxygens (including phenoxy) is 1. The quantitative estimate of drug-likeness (QED) is 0.837. The highest BCUT2D eigenvalue weighted by atomic mass is 79.9. The number of nitrogen functional groups attached to an aromatic ring is 1. The molecule has 20 heavy (non-hydrogen) atoms. The van der Waals surface area contributed by atoms with E-state index >= 15 is 0 Å². The van der Waals surface area contributed by atoms with Crippen molar-refractivity contribution in [3.05, 3.63) is 57.8 Å². The number of hydrogen-bond acceptors (Lipinski definition) is 3. The molecule has 0 unspecified atom stereocenters. The fourth-order valence-corrected chi connectivity index (χ4v) is 2.12. The molecule has 2 rings (SSSR count). The first-order valence-electron chi connectivity index (χ1n) is 5.67. The topological polar surface area (TPSA) is 72.5 Å². The van der Waals surface area contributed by atoms with Gasteiger partial charge in [0.15, 0.2) is 0 Å². The van der Waals surface area contributed by atoms with Gasteiger partial charge < -0.3 is 15.6 Å². The Kier molecular flexibility index (Phi) is 4.24. The van der Waals surface area contributed by atoms with Gasteiger partial charge in [-0.05, 0) is 30.3 Å². The summed E-state index contributed by atoms with van der Waals surface area (Å²) in [6.07, 6.45) is 0. The summed E-state index contributed by atoms with van der Waals surface area (Å²) in [6.45, 7) is -0.0883. The predicted molar refractivity (Wildman–Crippen MR) is 76.2 cm³/mol. The molecule has 0 bridgehead atoms. The van der Waals surface area contributed by atoms with Crippen molar-refractivity contribution in [1.29, 1.82) is 0 Å². The van der Waals surface area contributed by atoms with Crippen LogP contribution in [0, 0.1) is 5.82 Å². The maximum absolute atomic E-state index is 13.6. The molecule has 0 aliphatic heterocycles. The summed E-state index contributed by atoms with van der Waals surface area (Å²) in [5.74, 6) is -1.50. The molecule has 0 heterocycles. The van der Waals surface area contributed by atoms with Crippen molar-refractivity contribution in [3.8, 4) is 5.75 Å². The Hall–Kier alpha value is -2.08. The number of carboxylic acid groups (broad SMARTS) is 1. The van der Waals surface area contributed by atoms with E-state index in [1.165, 1.54) is 18.2 Å². The first kappa shape index (κ1) is 14.3. The number of carbonyl (C=O) groups is 1. The van der Waals surface area contributed by atoms with E-state index in [1.807, 2.05) is 0 Å². The number of nitrogens with two attached hydrogens (primary N) is 1. The third-order valence-electron chi connectivity index (χ3n) is 2.66. The number of aromatic carboxylic acids is 1. The summed E-state index contributed by atoms with van der Waals surface area (Å²) in [5.41, 5.74) is 5.90. The van der Waals surface area contributed by atoms with Gasteiger partial charge in [0, 0.05) is 15.7 Å². The molecule has 0 saturated carbocycles. The second-order valence-corrected chi connectivity index (χ2v) is 4.97. The van der Waals surface area contributed by atoms with Gasteiger partial charge in [0.25, 0.3) is 0 Å². The van der Waals surface area contributed by atoms with Crippen molar-refractivity contribution in [2.45, 2.75) is 6.61 Å². The average Bonchev–Trinajstić information content (AvgIpc) is 2.39. The highest BCUT2D eigenvalue weighted by Crippen LogP contribution is 2.26. The van der Waals surface area contributed by atoms with E-state index in [0.717, 1.165) is 0 Å². The minimum Gasteiger partial charge on any atom is -0.488 e. The maximum Gasteiger partial charge on any atom is 0.341 e. The molecular weight excluding hydrogens is 329 g/mol. The van der Waals surface area contributed by atoms with Gasteiger partial charge in [-0.2, -0.15) is 0 Å². The zero-order chi connectivity index (χ0) is 14.7. The minimum atomic E-state index is -1.19. The van der Waals surface area contributed by atoms with Crippen molar-refractivity contribution in [3.63, 3.8) is 0 Å². The third kappa shape index (κ3) is 3.08. The Balaban J connectivity index is 2.25. The molecule has 3 N–H and O–H groups in total. The molecule has 0 fully saturated rings. The van der Waals surface area contributed by atoms with E-state index in [4.69, 9.17) is 15.6 Å². The molecule has 2 aromatic rings. The fraction of sp³-hybridized carbons (Fsp3) is 0.0714. The molecule has 2 aromatic carbocycles. The minimum absolute atomic E-state index is 0.0883. The summed E-state index contributed by atoms with van der Waals surface area (Å²) >= 11 is 3.24. The van der Waals surface area contributed by atoms with Gasteiger partial charge in [0.2, 0.25) is 0 Å². The van der Waals surface area contributed by atoms with Crippen LogP contribution in [0.3, 0.4) is 0 Å². The Morgan fingerprint density at radius 2 is 2.10 bits per heavy atom. The monoisotopic (exact) mass is 339 g/mol. The first-order valence-corrected chi connectivity index (χ1v) is 6.47. The SMILES string of the molecule is Nc1cccc(OCc2cc(Br)ccc2F)c1C(=O)O. The summed E-state index contributed by atoms with van der Waals surface area (Å²) in [6, 6.07) is 8.98. The standard InChI is InChI=1S/C14H11BrFNO3/c15-9-4-5-10(16)8(6-9)7-20-12-3-1-2-11(17)13(12)14(18)19/h1-6H,7,17H2,(H,18,19). The number of benzene rings is 2. The van der Waals surface area contributed by atoms with Crippen LogP contribution in [0.5, 0.6) is 5.75 Å². The number of rotatable bonds is 4. The zero-order valence-electron chi connectivity index (χ0n) is 10.3. The second-order valence-electron chi connectivity index (χ2n) is 4.05. The largest absolute Gasteiger partial charge is 0.488 e.